The first-order valence-corrected chi connectivity index (χ1v) is 7.68. The Hall–Kier alpha value is -1.57. The van der Waals surface area contributed by atoms with Gasteiger partial charge in [-0.25, -0.2) is 0 Å². The second kappa shape index (κ2) is 7.88. The van der Waals surface area contributed by atoms with E-state index in [4.69, 9.17) is 4.74 Å². The molecular formula is C18H24O2. The summed E-state index contributed by atoms with van der Waals surface area (Å²) in [6, 6.07) is 10.8. The molecule has 20 heavy (non-hydrogen) atoms. The van der Waals surface area contributed by atoms with Gasteiger partial charge in [0.2, 0.25) is 0 Å². The van der Waals surface area contributed by atoms with Crippen LogP contribution in [-0.2, 0) is 9.53 Å². The van der Waals surface area contributed by atoms with Crippen LogP contribution in [-0.4, -0.2) is 12.6 Å². The normalized spacial score (nSPS) is 19.6. The zero-order valence-electron chi connectivity index (χ0n) is 12.3. The Labute approximate surface area is 121 Å². The molecule has 0 aromatic heterocycles. The zero-order chi connectivity index (χ0) is 14.2. The van der Waals surface area contributed by atoms with E-state index in [9.17, 15) is 4.79 Å². The maximum atomic E-state index is 11.5. The molecule has 2 nitrogen and oxygen atoms in total. The van der Waals surface area contributed by atoms with Crippen LogP contribution in [0.4, 0.5) is 0 Å². The van der Waals surface area contributed by atoms with Gasteiger partial charge in [0.1, 0.15) is 0 Å². The van der Waals surface area contributed by atoms with Gasteiger partial charge in [-0.3, -0.25) is 4.79 Å². The highest BCUT2D eigenvalue weighted by molar-refractivity contribution is 5.72. The van der Waals surface area contributed by atoms with E-state index in [1.807, 2.05) is 6.92 Å². The minimum Gasteiger partial charge on any atom is -0.466 e. The highest BCUT2D eigenvalue weighted by Crippen LogP contribution is 2.31. The molecule has 0 amide bonds. The van der Waals surface area contributed by atoms with Crippen molar-refractivity contribution in [3.8, 4) is 0 Å². The van der Waals surface area contributed by atoms with Gasteiger partial charge in [-0.1, -0.05) is 42.0 Å². The van der Waals surface area contributed by atoms with Crippen molar-refractivity contribution in [2.24, 2.45) is 0 Å². The zero-order valence-corrected chi connectivity index (χ0v) is 12.3. The van der Waals surface area contributed by atoms with Crippen LogP contribution in [0.2, 0.25) is 0 Å². The smallest absolute Gasteiger partial charge is 0.309 e. The Morgan fingerprint density at radius 2 is 2.05 bits per heavy atom. The predicted molar refractivity (Wildman–Crippen MR) is 81.6 cm³/mol. The molecule has 0 N–H and O–H groups in total. The second-order valence-corrected chi connectivity index (χ2v) is 5.42. The number of carbonyl (C=O) groups excluding carboxylic acids is 1. The van der Waals surface area contributed by atoms with E-state index in [1.54, 1.807) is 0 Å². The van der Waals surface area contributed by atoms with Gasteiger partial charge in [0.15, 0.2) is 0 Å². The van der Waals surface area contributed by atoms with E-state index in [0.717, 1.165) is 19.3 Å². The molecule has 1 aromatic rings. The molecule has 1 atom stereocenters. The summed E-state index contributed by atoms with van der Waals surface area (Å²) in [5.41, 5.74) is 2.71. The monoisotopic (exact) mass is 272 g/mol. The van der Waals surface area contributed by atoms with Gasteiger partial charge >= 0.3 is 5.97 Å². The number of hydrogen-bond donors (Lipinski definition) is 0. The first-order valence-electron chi connectivity index (χ1n) is 7.68. The van der Waals surface area contributed by atoms with Crippen LogP contribution in [0.5, 0.6) is 0 Å². The summed E-state index contributed by atoms with van der Waals surface area (Å²) in [7, 11) is 0. The van der Waals surface area contributed by atoms with E-state index >= 15 is 0 Å². The minimum absolute atomic E-state index is 0.0843. The van der Waals surface area contributed by atoms with Crippen molar-refractivity contribution in [1.82, 2.24) is 0 Å². The maximum absolute atomic E-state index is 11.5. The van der Waals surface area contributed by atoms with Gasteiger partial charge in [-0.2, -0.15) is 0 Å². The van der Waals surface area contributed by atoms with Crippen LogP contribution >= 0.6 is 0 Å². The molecule has 0 fully saturated rings. The predicted octanol–water partition coefficient (Wildman–Crippen LogP) is 4.61. The van der Waals surface area contributed by atoms with Crippen molar-refractivity contribution in [1.29, 1.82) is 0 Å². The summed E-state index contributed by atoms with van der Waals surface area (Å²) < 4.78 is 5.03. The number of rotatable bonds is 4. The lowest BCUT2D eigenvalue weighted by molar-refractivity contribution is -0.142. The average molecular weight is 272 g/mol. The van der Waals surface area contributed by atoms with Crippen LogP contribution in [0.3, 0.4) is 0 Å². The molecule has 1 aliphatic rings. The van der Waals surface area contributed by atoms with Crippen molar-refractivity contribution in [3.05, 3.63) is 47.5 Å². The van der Waals surface area contributed by atoms with Crippen LogP contribution in [0.25, 0.3) is 0 Å². The van der Waals surface area contributed by atoms with Gasteiger partial charge in [-0.05, 0) is 50.5 Å². The molecule has 0 heterocycles. The van der Waals surface area contributed by atoms with Gasteiger partial charge in [0, 0.05) is 0 Å². The first-order chi connectivity index (χ1) is 9.79. The largest absolute Gasteiger partial charge is 0.466 e. The SMILES string of the molecule is CCOC(=O)CC1=CCCC(c2ccccc2)CCC1. The van der Waals surface area contributed by atoms with Crippen LogP contribution in [0, 0.1) is 0 Å². The summed E-state index contributed by atoms with van der Waals surface area (Å²) >= 11 is 0. The summed E-state index contributed by atoms with van der Waals surface area (Å²) in [6.07, 6.45) is 8.37. The van der Waals surface area contributed by atoms with E-state index in [1.165, 1.54) is 24.0 Å². The molecule has 2 heteroatoms. The Balaban J connectivity index is 1.90. The Bertz CT molecular complexity index is 448. The minimum atomic E-state index is -0.0843. The fourth-order valence-electron chi connectivity index (χ4n) is 2.93. The van der Waals surface area contributed by atoms with Gasteiger partial charge in [0.25, 0.3) is 0 Å². The lowest BCUT2D eigenvalue weighted by Gasteiger charge is -2.20. The summed E-state index contributed by atoms with van der Waals surface area (Å²) in [5.74, 6) is 0.579. The van der Waals surface area contributed by atoms with Crippen LogP contribution in [0.15, 0.2) is 42.0 Å². The van der Waals surface area contributed by atoms with E-state index in [2.05, 4.69) is 36.4 Å². The molecular weight excluding hydrogens is 248 g/mol. The molecule has 0 aliphatic heterocycles. The molecule has 1 aromatic carbocycles. The van der Waals surface area contributed by atoms with Gasteiger partial charge in [0.05, 0.1) is 13.0 Å². The molecule has 0 saturated carbocycles. The van der Waals surface area contributed by atoms with E-state index in [-0.39, 0.29) is 5.97 Å². The molecule has 1 unspecified atom stereocenters. The number of ether oxygens (including phenoxy) is 1. The molecule has 2 rings (SSSR count). The fourth-order valence-corrected chi connectivity index (χ4v) is 2.93. The van der Waals surface area contributed by atoms with Gasteiger partial charge in [-0.15, -0.1) is 0 Å². The summed E-state index contributed by atoms with van der Waals surface area (Å²) in [6.45, 7) is 2.33. The first kappa shape index (κ1) is 14.8. The fraction of sp³-hybridized carbons (Fsp3) is 0.500. The third-order valence-electron chi connectivity index (χ3n) is 3.95. The molecule has 0 saturated heterocycles. The topological polar surface area (TPSA) is 26.3 Å². The van der Waals surface area contributed by atoms with E-state index in [0.29, 0.717) is 18.9 Å². The van der Waals surface area contributed by atoms with Crippen molar-refractivity contribution in [2.75, 3.05) is 6.61 Å². The standard InChI is InChI=1S/C18H24O2/c1-2-20-18(19)14-15-8-6-12-17(13-7-9-15)16-10-4-3-5-11-16/h3-5,8,10-11,17H,2,6-7,9,12-14H2,1H3. The molecule has 0 bridgehead atoms. The van der Waals surface area contributed by atoms with Crippen molar-refractivity contribution in [3.63, 3.8) is 0 Å². The third-order valence-corrected chi connectivity index (χ3v) is 3.95. The van der Waals surface area contributed by atoms with Crippen LogP contribution in [0.1, 0.15) is 56.9 Å². The highest BCUT2D eigenvalue weighted by atomic mass is 16.5. The molecule has 0 spiro atoms. The van der Waals surface area contributed by atoms with E-state index < -0.39 is 0 Å². The number of esters is 1. The Morgan fingerprint density at radius 1 is 1.25 bits per heavy atom. The third kappa shape index (κ3) is 4.52. The number of benzene rings is 1. The summed E-state index contributed by atoms with van der Waals surface area (Å²) in [5, 5.41) is 0. The molecule has 108 valence electrons. The van der Waals surface area contributed by atoms with Crippen molar-refractivity contribution in [2.45, 2.75) is 51.4 Å². The highest BCUT2D eigenvalue weighted by Gasteiger charge is 2.15. The molecule has 1 aliphatic carbocycles. The van der Waals surface area contributed by atoms with Crippen molar-refractivity contribution >= 4 is 5.97 Å². The average Bonchev–Trinajstić information content (AvgIpc) is 2.43. The lowest BCUT2D eigenvalue weighted by atomic mass is 9.86. The lowest BCUT2D eigenvalue weighted by Crippen LogP contribution is -2.07. The number of allylic oxidation sites excluding steroid dienone is 1. The molecule has 0 radical (unpaired) electrons. The quantitative estimate of drug-likeness (QED) is 0.591. The van der Waals surface area contributed by atoms with Crippen molar-refractivity contribution < 1.29 is 9.53 Å². The number of hydrogen-bond acceptors (Lipinski definition) is 2. The Kier molecular flexibility index (Phi) is 5.85. The summed E-state index contributed by atoms with van der Waals surface area (Å²) in [4.78, 5) is 11.5. The number of carbonyl (C=O) groups is 1. The maximum Gasteiger partial charge on any atom is 0.309 e. The Morgan fingerprint density at radius 3 is 2.80 bits per heavy atom. The van der Waals surface area contributed by atoms with Gasteiger partial charge < -0.3 is 4.74 Å². The van der Waals surface area contributed by atoms with Crippen LogP contribution < -0.4 is 0 Å². The second-order valence-electron chi connectivity index (χ2n) is 5.42.